The number of carbonyl (C=O) groups excluding carboxylic acids is 2. The first-order valence-corrected chi connectivity index (χ1v) is 10.4. The van der Waals surface area contributed by atoms with Crippen LogP contribution < -0.4 is 0 Å². The minimum atomic E-state index is 0.0439. The highest BCUT2D eigenvalue weighted by molar-refractivity contribution is 5.97. The quantitative estimate of drug-likeness (QED) is 0.678. The van der Waals surface area contributed by atoms with Gasteiger partial charge in [-0.2, -0.15) is 0 Å². The van der Waals surface area contributed by atoms with Crippen LogP contribution in [0.4, 0.5) is 0 Å². The summed E-state index contributed by atoms with van der Waals surface area (Å²) >= 11 is 0. The number of piperazine rings is 1. The van der Waals surface area contributed by atoms with Gasteiger partial charge in [0.2, 0.25) is 0 Å². The van der Waals surface area contributed by atoms with Gasteiger partial charge in [-0.15, -0.1) is 0 Å². The average molecular weight is 400 g/mol. The van der Waals surface area contributed by atoms with Gasteiger partial charge < -0.3 is 9.80 Å². The van der Waals surface area contributed by atoms with Gasteiger partial charge in [0.15, 0.2) is 0 Å². The van der Waals surface area contributed by atoms with Gasteiger partial charge in [0.25, 0.3) is 11.8 Å². The normalized spacial score (nSPS) is 17.7. The summed E-state index contributed by atoms with van der Waals surface area (Å²) in [6, 6.07) is 19.6. The van der Waals surface area contributed by atoms with Crippen molar-refractivity contribution in [1.29, 1.82) is 0 Å². The lowest BCUT2D eigenvalue weighted by Crippen LogP contribution is -2.64. The lowest BCUT2D eigenvalue weighted by atomic mass is 10.0. The van der Waals surface area contributed by atoms with E-state index in [0.717, 1.165) is 55.7 Å². The number of para-hydroxylation sites is 1. The maximum Gasteiger partial charge on any atom is 0.255 e. The van der Waals surface area contributed by atoms with Gasteiger partial charge in [0.05, 0.1) is 11.1 Å². The minimum Gasteiger partial charge on any atom is -0.336 e. The van der Waals surface area contributed by atoms with Crippen molar-refractivity contribution in [1.82, 2.24) is 19.7 Å². The van der Waals surface area contributed by atoms with Gasteiger partial charge in [0, 0.05) is 62.5 Å². The van der Waals surface area contributed by atoms with Crippen molar-refractivity contribution in [3.05, 3.63) is 78.0 Å². The van der Waals surface area contributed by atoms with E-state index in [1.54, 1.807) is 6.20 Å². The number of aromatic nitrogens is 1. The molecule has 0 bridgehead atoms. The third-order valence-electron chi connectivity index (χ3n) is 6.13. The van der Waals surface area contributed by atoms with E-state index in [0.29, 0.717) is 11.6 Å². The van der Waals surface area contributed by atoms with Crippen LogP contribution in [0, 0.1) is 0 Å². The topological polar surface area (TPSA) is 56.8 Å². The zero-order valence-corrected chi connectivity index (χ0v) is 16.8. The molecule has 0 aliphatic carbocycles. The van der Waals surface area contributed by atoms with Crippen LogP contribution in [-0.4, -0.2) is 76.8 Å². The predicted octanol–water partition coefficient (Wildman–Crippen LogP) is 2.52. The summed E-state index contributed by atoms with van der Waals surface area (Å²) in [6.45, 7) is 4.63. The number of likely N-dealkylation sites (tertiary alicyclic amines) is 1. The molecule has 2 aliphatic heterocycles. The molecule has 0 atom stereocenters. The van der Waals surface area contributed by atoms with E-state index >= 15 is 0 Å². The number of carbonyl (C=O) groups is 2. The van der Waals surface area contributed by atoms with Crippen molar-refractivity contribution in [2.45, 2.75) is 6.04 Å². The Morgan fingerprint density at radius 2 is 1.43 bits per heavy atom. The Balaban J connectivity index is 1.14. The maximum atomic E-state index is 12.8. The van der Waals surface area contributed by atoms with E-state index in [1.807, 2.05) is 70.5 Å². The van der Waals surface area contributed by atoms with Gasteiger partial charge >= 0.3 is 0 Å². The van der Waals surface area contributed by atoms with Crippen LogP contribution in [0.5, 0.6) is 0 Å². The Kier molecular flexibility index (Phi) is 4.93. The van der Waals surface area contributed by atoms with Crippen LogP contribution in [0.25, 0.3) is 10.9 Å². The molecule has 0 unspecified atom stereocenters. The van der Waals surface area contributed by atoms with E-state index in [-0.39, 0.29) is 11.8 Å². The molecule has 3 heterocycles. The maximum absolute atomic E-state index is 12.8. The van der Waals surface area contributed by atoms with Crippen molar-refractivity contribution in [2.75, 3.05) is 39.3 Å². The molecule has 6 nitrogen and oxygen atoms in total. The van der Waals surface area contributed by atoms with Gasteiger partial charge in [-0.3, -0.25) is 19.5 Å². The largest absolute Gasteiger partial charge is 0.336 e. The van der Waals surface area contributed by atoms with Gasteiger partial charge in [-0.05, 0) is 24.3 Å². The van der Waals surface area contributed by atoms with E-state index in [4.69, 9.17) is 0 Å². The van der Waals surface area contributed by atoms with Crippen LogP contribution >= 0.6 is 0 Å². The highest BCUT2D eigenvalue weighted by Crippen LogP contribution is 2.21. The van der Waals surface area contributed by atoms with Crippen molar-refractivity contribution in [3.63, 3.8) is 0 Å². The summed E-state index contributed by atoms with van der Waals surface area (Å²) in [5.41, 5.74) is 2.29. The lowest BCUT2D eigenvalue weighted by molar-refractivity contribution is 0.00853. The molecule has 0 spiro atoms. The average Bonchev–Trinajstić information content (AvgIpc) is 2.78. The Labute approximate surface area is 175 Å². The second kappa shape index (κ2) is 7.88. The van der Waals surface area contributed by atoms with E-state index < -0.39 is 0 Å². The zero-order chi connectivity index (χ0) is 20.5. The Hall–Kier alpha value is -3.25. The minimum absolute atomic E-state index is 0.0439. The first-order chi connectivity index (χ1) is 14.7. The molecule has 5 rings (SSSR count). The van der Waals surface area contributed by atoms with E-state index in [2.05, 4.69) is 9.88 Å². The van der Waals surface area contributed by atoms with Crippen LogP contribution in [0.3, 0.4) is 0 Å². The number of pyridine rings is 1. The van der Waals surface area contributed by atoms with Crippen LogP contribution in [-0.2, 0) is 0 Å². The smallest absolute Gasteiger partial charge is 0.255 e. The molecule has 2 amide bonds. The second-order valence-corrected chi connectivity index (χ2v) is 7.97. The van der Waals surface area contributed by atoms with E-state index in [9.17, 15) is 9.59 Å². The van der Waals surface area contributed by atoms with Crippen LogP contribution in [0.1, 0.15) is 20.7 Å². The third-order valence-corrected chi connectivity index (χ3v) is 6.13. The summed E-state index contributed by atoms with van der Waals surface area (Å²) in [7, 11) is 0. The number of hydrogen-bond donors (Lipinski definition) is 0. The molecule has 0 N–H and O–H groups in total. The second-order valence-electron chi connectivity index (χ2n) is 7.97. The molecular formula is C24H24N4O2. The fourth-order valence-electron chi connectivity index (χ4n) is 4.28. The van der Waals surface area contributed by atoms with Crippen molar-refractivity contribution >= 4 is 22.7 Å². The summed E-state index contributed by atoms with van der Waals surface area (Å²) in [6.07, 6.45) is 1.67. The number of nitrogens with zero attached hydrogens (tertiary/aromatic N) is 4. The molecule has 0 radical (unpaired) electrons. The number of amides is 2. The molecule has 2 aromatic carbocycles. The van der Waals surface area contributed by atoms with Crippen molar-refractivity contribution in [2.24, 2.45) is 0 Å². The molecular weight excluding hydrogens is 376 g/mol. The van der Waals surface area contributed by atoms with Crippen molar-refractivity contribution in [3.8, 4) is 0 Å². The fourth-order valence-corrected chi connectivity index (χ4v) is 4.28. The van der Waals surface area contributed by atoms with E-state index in [1.165, 1.54) is 0 Å². The summed E-state index contributed by atoms with van der Waals surface area (Å²) in [5, 5.41) is 0.986. The molecule has 1 aromatic heterocycles. The van der Waals surface area contributed by atoms with Gasteiger partial charge in [0.1, 0.15) is 0 Å². The summed E-state index contributed by atoms with van der Waals surface area (Å²) in [4.78, 5) is 36.0. The Bertz CT molecular complexity index is 1070. The molecule has 2 fully saturated rings. The van der Waals surface area contributed by atoms with Crippen molar-refractivity contribution < 1.29 is 9.59 Å². The molecule has 152 valence electrons. The summed E-state index contributed by atoms with van der Waals surface area (Å²) < 4.78 is 0. The fraction of sp³-hybridized carbons (Fsp3) is 0.292. The first kappa shape index (κ1) is 18.8. The standard InChI is InChI=1S/C24H24N4O2/c29-23(18-6-2-1-3-7-18)27-12-10-26(11-13-27)21-16-28(17-21)24(30)20-14-19-8-4-5-9-22(19)25-15-20/h1-9,14-15,21H,10-13,16-17H2. The molecule has 30 heavy (non-hydrogen) atoms. The number of hydrogen-bond acceptors (Lipinski definition) is 4. The number of fused-ring (bicyclic) bond motifs is 1. The monoisotopic (exact) mass is 400 g/mol. The highest BCUT2D eigenvalue weighted by Gasteiger charge is 2.37. The molecule has 0 saturated carbocycles. The zero-order valence-electron chi connectivity index (χ0n) is 16.8. The van der Waals surface area contributed by atoms with Gasteiger partial charge in [-0.1, -0.05) is 36.4 Å². The molecule has 3 aromatic rings. The predicted molar refractivity (Wildman–Crippen MR) is 115 cm³/mol. The van der Waals surface area contributed by atoms with Gasteiger partial charge in [-0.25, -0.2) is 0 Å². The first-order valence-electron chi connectivity index (χ1n) is 10.4. The lowest BCUT2D eigenvalue weighted by Gasteiger charge is -2.48. The summed E-state index contributed by atoms with van der Waals surface area (Å²) in [5.74, 6) is 0.145. The molecule has 2 saturated heterocycles. The van der Waals surface area contributed by atoms with Crippen LogP contribution in [0.15, 0.2) is 66.9 Å². The number of rotatable bonds is 3. The highest BCUT2D eigenvalue weighted by atomic mass is 16.2. The SMILES string of the molecule is O=C(c1ccccc1)N1CCN(C2CN(C(=O)c3cnc4ccccc4c3)C2)CC1. The Morgan fingerprint density at radius 1 is 0.767 bits per heavy atom. The third kappa shape index (κ3) is 3.55. The Morgan fingerprint density at radius 3 is 2.20 bits per heavy atom. The molecule has 6 heteroatoms. The number of benzene rings is 2. The van der Waals surface area contributed by atoms with Crippen LogP contribution in [0.2, 0.25) is 0 Å². The molecule has 2 aliphatic rings.